The van der Waals surface area contributed by atoms with E-state index < -0.39 is 0 Å². The van der Waals surface area contributed by atoms with Crippen molar-refractivity contribution in [3.63, 3.8) is 0 Å². The lowest BCUT2D eigenvalue weighted by Gasteiger charge is -2.09. The fraction of sp³-hybridized carbons (Fsp3) is 0.400. The molecule has 0 saturated heterocycles. The van der Waals surface area contributed by atoms with Crippen LogP contribution in [0.1, 0.15) is 31.4 Å². The van der Waals surface area contributed by atoms with Gasteiger partial charge < -0.3 is 14.8 Å². The predicted octanol–water partition coefficient (Wildman–Crippen LogP) is 4.82. The third kappa shape index (κ3) is 7.35. The lowest BCUT2D eigenvalue weighted by atomic mass is 10.2. The van der Waals surface area contributed by atoms with Gasteiger partial charge in [0.15, 0.2) is 0 Å². The van der Waals surface area contributed by atoms with Gasteiger partial charge in [0.1, 0.15) is 12.4 Å². The number of nitrogens with one attached hydrogen (secondary N) is 1. The van der Waals surface area contributed by atoms with Crippen LogP contribution in [0.15, 0.2) is 48.5 Å². The summed E-state index contributed by atoms with van der Waals surface area (Å²) in [6.45, 7) is 7.29. The zero-order chi connectivity index (χ0) is 17.2. The van der Waals surface area contributed by atoms with Crippen molar-refractivity contribution < 1.29 is 9.47 Å². The molecule has 2 aromatic carbocycles. The number of hydrogen-bond acceptors (Lipinski definition) is 3. The summed E-state index contributed by atoms with van der Waals surface area (Å²) in [5, 5.41) is 4.17. The quantitative estimate of drug-likeness (QED) is 0.625. The molecule has 0 aliphatic carbocycles. The van der Waals surface area contributed by atoms with Crippen LogP contribution >= 0.6 is 11.6 Å². The molecule has 0 amide bonds. The highest BCUT2D eigenvalue weighted by molar-refractivity contribution is 6.30. The summed E-state index contributed by atoms with van der Waals surface area (Å²) in [7, 11) is 0. The Bertz CT molecular complexity index is 582. The lowest BCUT2D eigenvalue weighted by molar-refractivity contribution is 0.0770. The molecule has 4 heteroatoms. The van der Waals surface area contributed by atoms with E-state index in [2.05, 4.69) is 31.3 Å². The fourth-order valence-electron chi connectivity index (χ4n) is 2.20. The van der Waals surface area contributed by atoms with E-state index in [1.54, 1.807) is 0 Å². The second-order valence-electron chi connectivity index (χ2n) is 6.01. The number of ether oxygens (including phenoxy) is 2. The van der Waals surface area contributed by atoms with E-state index in [1.165, 1.54) is 5.56 Å². The molecule has 0 heterocycles. The summed E-state index contributed by atoms with van der Waals surface area (Å²) in [5.74, 6) is 0.874. The molecule has 3 nitrogen and oxygen atoms in total. The second kappa shape index (κ2) is 10.3. The average molecular weight is 348 g/mol. The Morgan fingerprint density at radius 2 is 1.62 bits per heavy atom. The standard InChI is InChI=1S/C20H26ClNO2/c1-16(2)23-13-3-12-22-14-17-6-10-20(11-7-17)24-15-18-4-8-19(21)9-5-18/h4-11,16,22H,3,12-15H2,1-2H3. The largest absolute Gasteiger partial charge is 0.489 e. The molecule has 130 valence electrons. The Balaban J connectivity index is 1.66. The molecule has 0 aromatic heterocycles. The highest BCUT2D eigenvalue weighted by Crippen LogP contribution is 2.15. The minimum Gasteiger partial charge on any atom is -0.489 e. The van der Waals surface area contributed by atoms with E-state index in [0.717, 1.165) is 42.5 Å². The third-order valence-electron chi connectivity index (χ3n) is 3.52. The number of hydrogen-bond donors (Lipinski definition) is 1. The van der Waals surface area contributed by atoms with Gasteiger partial charge in [-0.1, -0.05) is 35.9 Å². The fourth-order valence-corrected chi connectivity index (χ4v) is 2.33. The minimum atomic E-state index is 0.311. The SMILES string of the molecule is CC(C)OCCCNCc1ccc(OCc2ccc(Cl)cc2)cc1. The first kappa shape index (κ1) is 18.8. The monoisotopic (exact) mass is 347 g/mol. The molecule has 0 aliphatic rings. The topological polar surface area (TPSA) is 30.5 Å². The summed E-state index contributed by atoms with van der Waals surface area (Å²) >= 11 is 5.88. The predicted molar refractivity (Wildman–Crippen MR) is 99.6 cm³/mol. The maximum Gasteiger partial charge on any atom is 0.119 e. The molecule has 0 fully saturated rings. The van der Waals surface area contributed by atoms with Gasteiger partial charge in [-0.05, 0) is 62.2 Å². The van der Waals surface area contributed by atoms with Crippen molar-refractivity contribution in [2.24, 2.45) is 0 Å². The molecule has 0 saturated carbocycles. The van der Waals surface area contributed by atoms with Crippen molar-refractivity contribution in [1.82, 2.24) is 5.32 Å². The van der Waals surface area contributed by atoms with Gasteiger partial charge in [0.25, 0.3) is 0 Å². The smallest absolute Gasteiger partial charge is 0.119 e. The Labute approximate surface area is 149 Å². The Hall–Kier alpha value is -1.55. The average Bonchev–Trinajstić information content (AvgIpc) is 2.58. The van der Waals surface area contributed by atoms with Crippen molar-refractivity contribution in [3.8, 4) is 5.75 Å². The van der Waals surface area contributed by atoms with Crippen LogP contribution in [-0.4, -0.2) is 19.3 Å². The van der Waals surface area contributed by atoms with E-state index in [4.69, 9.17) is 21.1 Å². The van der Waals surface area contributed by atoms with E-state index in [1.807, 2.05) is 36.4 Å². The van der Waals surface area contributed by atoms with E-state index in [-0.39, 0.29) is 0 Å². The first-order valence-electron chi connectivity index (χ1n) is 8.42. The summed E-state index contributed by atoms with van der Waals surface area (Å²) in [4.78, 5) is 0. The molecule has 0 unspecified atom stereocenters. The van der Waals surface area contributed by atoms with Crippen molar-refractivity contribution in [1.29, 1.82) is 0 Å². The molecule has 2 rings (SSSR count). The molecule has 0 atom stereocenters. The maximum absolute atomic E-state index is 5.88. The maximum atomic E-state index is 5.88. The van der Waals surface area contributed by atoms with E-state index in [0.29, 0.717) is 12.7 Å². The Kier molecular flexibility index (Phi) is 8.10. The van der Waals surface area contributed by atoms with Crippen molar-refractivity contribution >= 4 is 11.6 Å². The number of benzene rings is 2. The summed E-state index contributed by atoms with van der Waals surface area (Å²) in [5.41, 5.74) is 2.35. The van der Waals surface area contributed by atoms with Crippen LogP contribution in [-0.2, 0) is 17.9 Å². The first-order valence-corrected chi connectivity index (χ1v) is 8.80. The normalized spacial score (nSPS) is 11.0. The van der Waals surface area contributed by atoms with Crippen LogP contribution in [0.4, 0.5) is 0 Å². The third-order valence-corrected chi connectivity index (χ3v) is 3.77. The zero-order valence-electron chi connectivity index (χ0n) is 14.4. The van der Waals surface area contributed by atoms with Gasteiger partial charge in [-0.3, -0.25) is 0 Å². The van der Waals surface area contributed by atoms with E-state index >= 15 is 0 Å². The summed E-state index contributed by atoms with van der Waals surface area (Å²) in [6, 6.07) is 15.9. The highest BCUT2D eigenvalue weighted by Gasteiger charge is 1.98. The van der Waals surface area contributed by atoms with Gasteiger partial charge in [-0.2, -0.15) is 0 Å². The van der Waals surface area contributed by atoms with Crippen molar-refractivity contribution in [3.05, 3.63) is 64.7 Å². The van der Waals surface area contributed by atoms with Crippen LogP contribution < -0.4 is 10.1 Å². The molecule has 0 bridgehead atoms. The van der Waals surface area contributed by atoms with Crippen LogP contribution in [0.2, 0.25) is 5.02 Å². The lowest BCUT2D eigenvalue weighted by Crippen LogP contribution is -2.17. The van der Waals surface area contributed by atoms with Gasteiger partial charge in [0.05, 0.1) is 6.10 Å². The molecular weight excluding hydrogens is 322 g/mol. The van der Waals surface area contributed by atoms with Gasteiger partial charge >= 0.3 is 0 Å². The molecule has 24 heavy (non-hydrogen) atoms. The van der Waals surface area contributed by atoms with Gasteiger partial charge in [-0.25, -0.2) is 0 Å². The second-order valence-corrected chi connectivity index (χ2v) is 6.45. The Morgan fingerprint density at radius 1 is 0.958 bits per heavy atom. The van der Waals surface area contributed by atoms with Gasteiger partial charge in [-0.15, -0.1) is 0 Å². The van der Waals surface area contributed by atoms with Crippen LogP contribution in [0, 0.1) is 0 Å². The van der Waals surface area contributed by atoms with Crippen LogP contribution in [0.5, 0.6) is 5.75 Å². The highest BCUT2D eigenvalue weighted by atomic mass is 35.5. The molecule has 1 N–H and O–H groups in total. The molecule has 0 aliphatic heterocycles. The van der Waals surface area contributed by atoms with Crippen molar-refractivity contribution in [2.45, 2.75) is 39.5 Å². The van der Waals surface area contributed by atoms with Gasteiger partial charge in [0.2, 0.25) is 0 Å². The Morgan fingerprint density at radius 3 is 2.29 bits per heavy atom. The summed E-state index contributed by atoms with van der Waals surface area (Å²) < 4.78 is 11.3. The van der Waals surface area contributed by atoms with Crippen LogP contribution in [0.3, 0.4) is 0 Å². The number of rotatable bonds is 10. The molecule has 0 radical (unpaired) electrons. The van der Waals surface area contributed by atoms with Crippen LogP contribution in [0.25, 0.3) is 0 Å². The van der Waals surface area contributed by atoms with Crippen molar-refractivity contribution in [2.75, 3.05) is 13.2 Å². The number of halogens is 1. The summed E-state index contributed by atoms with van der Waals surface area (Å²) in [6.07, 6.45) is 1.34. The molecular formula is C20H26ClNO2. The first-order chi connectivity index (χ1) is 11.6. The minimum absolute atomic E-state index is 0.311. The zero-order valence-corrected chi connectivity index (χ0v) is 15.2. The van der Waals surface area contributed by atoms with E-state index in [9.17, 15) is 0 Å². The van der Waals surface area contributed by atoms with Gasteiger partial charge in [0, 0.05) is 18.2 Å². The molecule has 2 aromatic rings. The molecule has 0 spiro atoms.